The Balaban J connectivity index is 1.72. The van der Waals surface area contributed by atoms with Crippen LogP contribution in [0.5, 0.6) is 5.75 Å². The molecule has 0 saturated carbocycles. The maximum absolute atomic E-state index is 13.8. The highest BCUT2D eigenvalue weighted by Gasteiger charge is 2.34. The fourth-order valence-electron chi connectivity index (χ4n) is 3.38. The third-order valence-corrected chi connectivity index (χ3v) is 4.72. The Bertz CT molecular complexity index is 995. The van der Waals surface area contributed by atoms with Gasteiger partial charge in [-0.2, -0.15) is 0 Å². The second-order valence-corrected chi connectivity index (χ2v) is 7.77. The predicted octanol–water partition coefficient (Wildman–Crippen LogP) is 3.90. The lowest BCUT2D eigenvalue weighted by Gasteiger charge is -2.38. The van der Waals surface area contributed by atoms with Gasteiger partial charge in [0.2, 0.25) is 5.91 Å². The minimum Gasteiger partial charge on any atom is -0.487 e. The summed E-state index contributed by atoms with van der Waals surface area (Å²) in [4.78, 5) is 16.4. The van der Waals surface area contributed by atoms with Crippen LogP contribution in [0.2, 0.25) is 0 Å². The smallest absolute Gasteiger partial charge is 0.246 e. The van der Waals surface area contributed by atoms with E-state index in [4.69, 9.17) is 4.74 Å². The molecule has 166 valence electrons. The zero-order chi connectivity index (χ0) is 22.6. The molecule has 1 amide bonds. The van der Waals surface area contributed by atoms with Gasteiger partial charge in [0.25, 0.3) is 0 Å². The van der Waals surface area contributed by atoms with E-state index in [0.29, 0.717) is 18.9 Å². The number of ether oxygens (including phenoxy) is 1. The fraction of sp³-hybridized carbons (Fsp3) is 0.364. The third kappa shape index (κ3) is 5.48. The van der Waals surface area contributed by atoms with Gasteiger partial charge < -0.3 is 20.7 Å². The molecule has 31 heavy (non-hydrogen) atoms. The Labute approximate surface area is 178 Å². The van der Waals surface area contributed by atoms with Crippen molar-refractivity contribution in [1.29, 1.82) is 0 Å². The van der Waals surface area contributed by atoms with Crippen LogP contribution in [-0.2, 0) is 4.79 Å². The highest BCUT2D eigenvalue weighted by atomic mass is 19.2. The number of guanidine groups is 1. The molecule has 0 spiro atoms. The van der Waals surface area contributed by atoms with E-state index in [1.807, 2.05) is 45.0 Å². The van der Waals surface area contributed by atoms with Gasteiger partial charge in [-0.15, -0.1) is 0 Å². The van der Waals surface area contributed by atoms with E-state index in [-0.39, 0.29) is 12.6 Å². The maximum atomic E-state index is 13.8. The highest BCUT2D eigenvalue weighted by Crippen LogP contribution is 2.39. The molecule has 1 atom stereocenters. The number of nitrogens with one attached hydrogen (secondary N) is 3. The third-order valence-electron chi connectivity index (χ3n) is 4.72. The lowest BCUT2D eigenvalue weighted by molar-refractivity contribution is -0.114. The second kappa shape index (κ2) is 9.28. The van der Waals surface area contributed by atoms with E-state index in [0.717, 1.165) is 23.4 Å². The Hall–Kier alpha value is -3.23. The number of rotatable bonds is 5. The number of benzene rings is 2. The molecule has 3 rings (SSSR count). The van der Waals surface area contributed by atoms with Crippen LogP contribution < -0.4 is 20.7 Å². The molecule has 0 bridgehead atoms. The number of halogens is 3. The molecule has 1 heterocycles. The van der Waals surface area contributed by atoms with Crippen molar-refractivity contribution in [3.8, 4) is 5.75 Å². The first-order valence-electron chi connectivity index (χ1n) is 9.96. The number of carbonyl (C=O) groups is 1. The second-order valence-electron chi connectivity index (χ2n) is 7.77. The summed E-state index contributed by atoms with van der Waals surface area (Å²) in [6.07, 6.45) is 0.667. The van der Waals surface area contributed by atoms with Crippen molar-refractivity contribution in [2.45, 2.75) is 38.8 Å². The molecular weight excluding hydrogens is 409 g/mol. The molecule has 9 heteroatoms. The van der Waals surface area contributed by atoms with E-state index in [2.05, 4.69) is 20.9 Å². The monoisotopic (exact) mass is 434 g/mol. The van der Waals surface area contributed by atoms with Gasteiger partial charge in [-0.25, -0.2) is 18.2 Å². The summed E-state index contributed by atoms with van der Waals surface area (Å²) in [7, 11) is 0. The van der Waals surface area contributed by atoms with Gasteiger partial charge in [-0.1, -0.05) is 18.2 Å². The van der Waals surface area contributed by atoms with Crippen LogP contribution in [0.1, 0.15) is 38.8 Å². The summed E-state index contributed by atoms with van der Waals surface area (Å²) in [5, 5.41) is 8.59. The van der Waals surface area contributed by atoms with Crippen LogP contribution in [0.4, 0.5) is 18.9 Å². The van der Waals surface area contributed by atoms with E-state index in [1.54, 1.807) is 0 Å². The topological polar surface area (TPSA) is 74.8 Å². The van der Waals surface area contributed by atoms with Crippen molar-refractivity contribution < 1.29 is 22.7 Å². The van der Waals surface area contributed by atoms with Gasteiger partial charge in [-0.05, 0) is 39.0 Å². The van der Waals surface area contributed by atoms with Crippen molar-refractivity contribution in [1.82, 2.24) is 10.6 Å². The number of para-hydroxylation sites is 1. The summed E-state index contributed by atoms with van der Waals surface area (Å²) >= 11 is 0. The average Bonchev–Trinajstić information content (AvgIpc) is 2.72. The van der Waals surface area contributed by atoms with Crippen molar-refractivity contribution in [2.24, 2.45) is 4.99 Å². The minimum atomic E-state index is -1.64. The summed E-state index contributed by atoms with van der Waals surface area (Å²) in [6.45, 7) is 6.08. The molecule has 0 fully saturated rings. The van der Waals surface area contributed by atoms with Crippen LogP contribution in [0.15, 0.2) is 41.4 Å². The molecule has 6 nitrogen and oxygen atoms in total. The zero-order valence-corrected chi connectivity index (χ0v) is 17.6. The van der Waals surface area contributed by atoms with Crippen molar-refractivity contribution in [2.75, 3.05) is 18.4 Å². The number of carbonyl (C=O) groups excluding carboxylic acids is 1. The number of aliphatic imine (C=N–C) groups is 1. The Morgan fingerprint density at radius 3 is 2.65 bits per heavy atom. The average molecular weight is 434 g/mol. The summed E-state index contributed by atoms with van der Waals surface area (Å²) in [5.74, 6) is -3.93. The van der Waals surface area contributed by atoms with E-state index in [1.165, 1.54) is 0 Å². The van der Waals surface area contributed by atoms with Crippen LogP contribution >= 0.6 is 0 Å². The normalized spacial score (nSPS) is 17.4. The van der Waals surface area contributed by atoms with Crippen LogP contribution in [-0.4, -0.2) is 30.6 Å². The van der Waals surface area contributed by atoms with Crippen molar-refractivity contribution in [3.05, 3.63) is 59.4 Å². The minimum absolute atomic E-state index is 0.107. The van der Waals surface area contributed by atoms with Gasteiger partial charge in [-0.3, -0.25) is 4.79 Å². The van der Waals surface area contributed by atoms with E-state index >= 15 is 0 Å². The number of nitrogens with zero attached hydrogens (tertiary/aromatic N) is 1. The molecular formula is C22H25F3N4O2. The van der Waals surface area contributed by atoms with Crippen molar-refractivity contribution >= 4 is 17.6 Å². The number of hydrogen-bond donors (Lipinski definition) is 3. The maximum Gasteiger partial charge on any atom is 0.246 e. The molecule has 1 aliphatic rings. The van der Waals surface area contributed by atoms with E-state index < -0.39 is 34.6 Å². The Morgan fingerprint density at radius 1 is 1.16 bits per heavy atom. The molecule has 0 radical (unpaired) electrons. The van der Waals surface area contributed by atoms with Gasteiger partial charge in [0.1, 0.15) is 17.9 Å². The zero-order valence-electron chi connectivity index (χ0n) is 17.6. The highest BCUT2D eigenvalue weighted by molar-refractivity contribution is 5.94. The first-order valence-corrected chi connectivity index (χ1v) is 9.96. The Morgan fingerprint density at radius 2 is 1.90 bits per heavy atom. The Kier molecular flexibility index (Phi) is 6.72. The molecule has 1 aliphatic heterocycles. The van der Waals surface area contributed by atoms with E-state index in [9.17, 15) is 18.0 Å². The molecule has 1 unspecified atom stereocenters. The quantitative estimate of drug-likeness (QED) is 0.379. The fourth-order valence-corrected chi connectivity index (χ4v) is 3.38. The number of fused-ring (bicyclic) bond motifs is 1. The number of hydrogen-bond acceptors (Lipinski definition) is 3. The first kappa shape index (κ1) is 22.5. The van der Waals surface area contributed by atoms with Crippen molar-refractivity contribution in [3.63, 3.8) is 0 Å². The number of amides is 1. The van der Waals surface area contributed by atoms with Gasteiger partial charge in [0, 0.05) is 18.5 Å². The molecule has 3 N–H and O–H groups in total. The largest absolute Gasteiger partial charge is 0.487 e. The predicted molar refractivity (Wildman–Crippen MR) is 113 cm³/mol. The van der Waals surface area contributed by atoms with Gasteiger partial charge >= 0.3 is 0 Å². The molecule has 2 aromatic carbocycles. The van der Waals surface area contributed by atoms with Gasteiger partial charge in [0.05, 0.1) is 11.7 Å². The first-order chi connectivity index (χ1) is 14.7. The summed E-state index contributed by atoms with van der Waals surface area (Å²) in [6, 6.07) is 9.28. The molecule has 0 saturated heterocycles. The summed E-state index contributed by atoms with van der Waals surface area (Å²) < 4.78 is 46.2. The standard InChI is InChI=1S/C22H25F3N4O2/c1-4-26-21(27-12-18(30)28-15-10-9-14(23)19(24)20(15)25)29-16-11-22(2,3)31-17-8-6-5-7-13(16)17/h5-10,16H,4,11-12H2,1-3H3,(H,28,30)(H2,26,27,29). The SMILES string of the molecule is CCNC(=NCC(=O)Nc1ccc(F)c(F)c1F)NC1CC(C)(C)Oc2ccccc21. The van der Waals surface area contributed by atoms with Crippen LogP contribution in [0.25, 0.3) is 0 Å². The molecule has 2 aromatic rings. The lowest BCUT2D eigenvalue weighted by atomic mass is 9.90. The lowest BCUT2D eigenvalue weighted by Crippen LogP contribution is -2.45. The molecule has 0 aromatic heterocycles. The van der Waals surface area contributed by atoms with Crippen LogP contribution in [0, 0.1) is 17.5 Å². The van der Waals surface area contributed by atoms with Crippen LogP contribution in [0.3, 0.4) is 0 Å². The molecule has 0 aliphatic carbocycles. The number of anilines is 1. The van der Waals surface area contributed by atoms with Gasteiger partial charge in [0.15, 0.2) is 23.4 Å². The summed E-state index contributed by atoms with van der Waals surface area (Å²) in [5.41, 5.74) is 0.128.